The monoisotopic (exact) mass is 267 g/mol. The van der Waals surface area contributed by atoms with E-state index in [0.29, 0.717) is 10.2 Å². The average Bonchev–Trinajstić information content (AvgIpc) is 2.35. The van der Waals surface area contributed by atoms with Crippen LogP contribution >= 0.6 is 23.2 Å². The summed E-state index contributed by atoms with van der Waals surface area (Å²) >= 11 is 11.6. The van der Waals surface area contributed by atoms with Gasteiger partial charge in [-0.3, -0.25) is 0 Å². The zero-order valence-electron chi connectivity index (χ0n) is 9.23. The predicted molar refractivity (Wildman–Crippen MR) is 69.6 cm³/mol. The Kier molecular flexibility index (Phi) is 4.00. The highest BCUT2D eigenvalue weighted by atomic mass is 35.5. The van der Waals surface area contributed by atoms with Crippen molar-refractivity contribution in [2.24, 2.45) is 0 Å². The van der Waals surface area contributed by atoms with Crippen molar-refractivity contribution in [3.63, 3.8) is 0 Å². The highest BCUT2D eigenvalue weighted by Crippen LogP contribution is 2.26. The number of nitrogens with zero attached hydrogens (tertiary/aromatic N) is 1. The minimum atomic E-state index is -0.156. The molecule has 0 radical (unpaired) electrons. The summed E-state index contributed by atoms with van der Waals surface area (Å²) < 4.78 is 5.48. The van der Waals surface area contributed by atoms with E-state index >= 15 is 0 Å². The summed E-state index contributed by atoms with van der Waals surface area (Å²) in [5.41, 5.74) is 1.99. The first-order valence-electron chi connectivity index (χ1n) is 5.10. The molecule has 0 aliphatic carbocycles. The van der Waals surface area contributed by atoms with E-state index in [2.05, 4.69) is 4.98 Å². The van der Waals surface area contributed by atoms with Crippen LogP contribution in [0.2, 0.25) is 10.2 Å². The molecule has 0 bridgehead atoms. The van der Waals surface area contributed by atoms with E-state index in [4.69, 9.17) is 27.9 Å². The largest absolute Gasteiger partial charge is 0.372 e. The number of hydrogen-bond donors (Lipinski definition) is 0. The fourth-order valence-electron chi connectivity index (χ4n) is 1.64. The van der Waals surface area contributed by atoms with Crippen molar-refractivity contribution in [1.82, 2.24) is 4.98 Å². The number of ether oxygens (including phenoxy) is 1. The highest BCUT2D eigenvalue weighted by Gasteiger charge is 2.13. The molecule has 0 fully saturated rings. The van der Waals surface area contributed by atoms with Gasteiger partial charge in [-0.1, -0.05) is 41.4 Å². The van der Waals surface area contributed by atoms with Crippen LogP contribution in [-0.2, 0) is 4.74 Å². The van der Waals surface area contributed by atoms with Crippen molar-refractivity contribution in [2.45, 2.75) is 6.10 Å². The van der Waals surface area contributed by atoms with Gasteiger partial charge in [0.05, 0.1) is 0 Å². The van der Waals surface area contributed by atoms with Gasteiger partial charge < -0.3 is 4.74 Å². The molecule has 88 valence electrons. The van der Waals surface area contributed by atoms with E-state index < -0.39 is 0 Å². The van der Waals surface area contributed by atoms with Crippen molar-refractivity contribution >= 4 is 23.2 Å². The van der Waals surface area contributed by atoms with Gasteiger partial charge in [0.25, 0.3) is 0 Å². The zero-order chi connectivity index (χ0) is 12.3. The van der Waals surface area contributed by atoms with Crippen LogP contribution in [0.15, 0.2) is 42.6 Å². The Morgan fingerprint density at radius 2 is 1.65 bits per heavy atom. The Morgan fingerprint density at radius 1 is 1.00 bits per heavy atom. The number of benzene rings is 1. The second-order valence-electron chi connectivity index (χ2n) is 3.58. The van der Waals surface area contributed by atoms with Gasteiger partial charge >= 0.3 is 0 Å². The first kappa shape index (κ1) is 12.4. The van der Waals surface area contributed by atoms with Gasteiger partial charge in [-0.05, 0) is 23.8 Å². The molecule has 1 heterocycles. The Morgan fingerprint density at radius 3 is 2.18 bits per heavy atom. The van der Waals surface area contributed by atoms with Crippen LogP contribution in [-0.4, -0.2) is 12.1 Å². The summed E-state index contributed by atoms with van der Waals surface area (Å²) in [5, 5.41) is 1.18. The molecule has 2 rings (SSSR count). The molecular weight excluding hydrogens is 257 g/mol. The van der Waals surface area contributed by atoms with Gasteiger partial charge in [0, 0.05) is 23.9 Å². The lowest BCUT2D eigenvalue weighted by Crippen LogP contribution is -2.03. The minimum Gasteiger partial charge on any atom is -0.372 e. The maximum atomic E-state index is 5.86. The van der Waals surface area contributed by atoms with Crippen LogP contribution in [0.3, 0.4) is 0 Å². The number of aromatic nitrogens is 1. The maximum absolute atomic E-state index is 5.86. The Labute approximate surface area is 110 Å². The van der Waals surface area contributed by atoms with Crippen LogP contribution < -0.4 is 0 Å². The molecule has 0 aliphatic heterocycles. The van der Waals surface area contributed by atoms with Crippen molar-refractivity contribution in [3.8, 4) is 0 Å². The van der Waals surface area contributed by atoms with E-state index in [1.54, 1.807) is 19.4 Å². The molecule has 1 aromatic carbocycles. The number of methoxy groups -OCH3 is 1. The van der Waals surface area contributed by atoms with Crippen molar-refractivity contribution in [1.29, 1.82) is 0 Å². The van der Waals surface area contributed by atoms with Gasteiger partial charge in [0.2, 0.25) is 0 Å². The lowest BCUT2D eigenvalue weighted by atomic mass is 10.0. The summed E-state index contributed by atoms with van der Waals surface area (Å²) in [4.78, 5) is 4.05. The molecule has 1 unspecified atom stereocenters. The lowest BCUT2D eigenvalue weighted by Gasteiger charge is -2.15. The first-order valence-corrected chi connectivity index (χ1v) is 5.86. The van der Waals surface area contributed by atoms with Gasteiger partial charge in [0.15, 0.2) is 0 Å². The number of pyridine rings is 1. The molecule has 0 aliphatic rings. The third-order valence-electron chi connectivity index (χ3n) is 2.46. The lowest BCUT2D eigenvalue weighted by molar-refractivity contribution is 0.136. The fourth-order valence-corrected chi connectivity index (χ4v) is 1.88. The minimum absolute atomic E-state index is 0.156. The fraction of sp³-hybridized carbons (Fsp3) is 0.154. The van der Waals surface area contributed by atoms with E-state index in [-0.39, 0.29) is 6.10 Å². The van der Waals surface area contributed by atoms with E-state index in [0.717, 1.165) is 11.1 Å². The topological polar surface area (TPSA) is 22.1 Å². The first-order chi connectivity index (χ1) is 8.20. The molecular formula is C13H11Cl2NO. The van der Waals surface area contributed by atoms with Crippen molar-refractivity contribution in [3.05, 3.63) is 63.9 Å². The third kappa shape index (κ3) is 2.97. The summed E-state index contributed by atoms with van der Waals surface area (Å²) in [5.74, 6) is 0. The molecule has 0 N–H and O–H groups in total. The smallest absolute Gasteiger partial charge is 0.129 e. The average molecular weight is 268 g/mol. The standard InChI is InChI=1S/C13H11Cl2NO/c1-17-13(9-2-5-11(14)6-3-9)10-4-7-12(15)16-8-10/h2-8,13H,1H3. The van der Waals surface area contributed by atoms with Crippen molar-refractivity contribution < 1.29 is 4.74 Å². The number of hydrogen-bond acceptors (Lipinski definition) is 2. The Balaban J connectivity index is 2.33. The third-order valence-corrected chi connectivity index (χ3v) is 2.94. The van der Waals surface area contributed by atoms with Gasteiger partial charge in [-0.15, -0.1) is 0 Å². The Bertz CT molecular complexity index is 436. The molecule has 17 heavy (non-hydrogen) atoms. The predicted octanol–water partition coefficient (Wildman–Crippen LogP) is 4.12. The molecule has 2 aromatic rings. The van der Waals surface area contributed by atoms with Crippen LogP contribution in [0.5, 0.6) is 0 Å². The van der Waals surface area contributed by atoms with Crippen LogP contribution in [0.1, 0.15) is 17.2 Å². The summed E-state index contributed by atoms with van der Waals surface area (Å²) in [6.45, 7) is 0. The van der Waals surface area contributed by atoms with Gasteiger partial charge in [-0.2, -0.15) is 0 Å². The van der Waals surface area contributed by atoms with Gasteiger partial charge in [-0.25, -0.2) is 4.98 Å². The molecule has 4 heteroatoms. The molecule has 1 atom stereocenters. The van der Waals surface area contributed by atoms with Crippen LogP contribution in [0.4, 0.5) is 0 Å². The van der Waals surface area contributed by atoms with Gasteiger partial charge in [0.1, 0.15) is 11.3 Å². The molecule has 0 saturated heterocycles. The zero-order valence-corrected chi connectivity index (χ0v) is 10.7. The second kappa shape index (κ2) is 5.50. The number of halogens is 2. The van der Waals surface area contributed by atoms with Crippen LogP contribution in [0.25, 0.3) is 0 Å². The molecule has 2 nitrogen and oxygen atoms in total. The maximum Gasteiger partial charge on any atom is 0.129 e. The number of rotatable bonds is 3. The molecule has 1 aromatic heterocycles. The van der Waals surface area contributed by atoms with E-state index in [1.807, 2.05) is 30.3 Å². The molecule has 0 spiro atoms. The Hall–Kier alpha value is -1.09. The normalized spacial score (nSPS) is 12.4. The summed E-state index contributed by atoms with van der Waals surface area (Å²) in [6.07, 6.45) is 1.56. The van der Waals surface area contributed by atoms with E-state index in [1.165, 1.54) is 0 Å². The summed E-state index contributed by atoms with van der Waals surface area (Å²) in [6, 6.07) is 11.2. The van der Waals surface area contributed by atoms with E-state index in [9.17, 15) is 0 Å². The van der Waals surface area contributed by atoms with Crippen LogP contribution in [0, 0.1) is 0 Å². The second-order valence-corrected chi connectivity index (χ2v) is 4.41. The molecule has 0 saturated carbocycles. The summed E-state index contributed by atoms with van der Waals surface area (Å²) in [7, 11) is 1.66. The van der Waals surface area contributed by atoms with Crippen molar-refractivity contribution in [2.75, 3.05) is 7.11 Å². The molecule has 0 amide bonds. The highest BCUT2D eigenvalue weighted by molar-refractivity contribution is 6.30. The SMILES string of the molecule is COC(c1ccc(Cl)cc1)c1ccc(Cl)nc1. The quantitative estimate of drug-likeness (QED) is 0.781.